The summed E-state index contributed by atoms with van der Waals surface area (Å²) in [5, 5.41) is 6.45. The molecule has 1 fully saturated rings. The number of alkyl halides is 3. The van der Waals surface area contributed by atoms with Crippen molar-refractivity contribution in [2.24, 2.45) is 0 Å². The smallest absolute Gasteiger partial charge is 0.435 e. The number of rotatable bonds is 9. The first-order chi connectivity index (χ1) is 15.3. The van der Waals surface area contributed by atoms with Gasteiger partial charge in [-0.25, -0.2) is 0 Å². The normalized spacial score (nSPS) is 13.9. The number of benzene rings is 1. The van der Waals surface area contributed by atoms with Gasteiger partial charge in [-0.2, -0.15) is 18.3 Å². The summed E-state index contributed by atoms with van der Waals surface area (Å²) in [4.78, 5) is 12.3. The van der Waals surface area contributed by atoms with Crippen molar-refractivity contribution < 1.29 is 27.1 Å². The fourth-order valence-electron chi connectivity index (χ4n) is 3.41. The van der Waals surface area contributed by atoms with Crippen LogP contribution >= 0.6 is 0 Å². The van der Waals surface area contributed by atoms with E-state index in [1.807, 2.05) is 31.2 Å². The van der Waals surface area contributed by atoms with E-state index in [1.165, 1.54) is 4.68 Å². The van der Waals surface area contributed by atoms with Crippen LogP contribution in [-0.4, -0.2) is 22.2 Å². The third-order valence-electron chi connectivity index (χ3n) is 5.19. The second kappa shape index (κ2) is 9.10. The van der Waals surface area contributed by atoms with E-state index in [0.717, 1.165) is 24.5 Å². The second-order valence-corrected chi connectivity index (χ2v) is 7.93. The fraction of sp³-hybridized carbons (Fsp3) is 0.391. The summed E-state index contributed by atoms with van der Waals surface area (Å²) in [6, 6.07) is 12.0. The number of nitrogens with one attached hydrogen (secondary N) is 1. The van der Waals surface area contributed by atoms with Gasteiger partial charge in [-0.15, -0.1) is 0 Å². The van der Waals surface area contributed by atoms with Crippen molar-refractivity contribution in [3.8, 4) is 5.75 Å². The van der Waals surface area contributed by atoms with E-state index in [4.69, 9.17) is 9.15 Å². The number of aromatic nitrogens is 2. The topological polar surface area (TPSA) is 69.3 Å². The highest BCUT2D eigenvalue weighted by molar-refractivity contribution is 5.91. The molecule has 0 atom stereocenters. The maximum absolute atomic E-state index is 13.0. The van der Waals surface area contributed by atoms with Crippen LogP contribution in [0.5, 0.6) is 5.75 Å². The third kappa shape index (κ3) is 5.52. The van der Waals surface area contributed by atoms with E-state index in [1.54, 1.807) is 12.1 Å². The number of ether oxygens (including phenoxy) is 1. The van der Waals surface area contributed by atoms with Crippen LogP contribution in [-0.2, 0) is 19.3 Å². The Morgan fingerprint density at radius 1 is 1.25 bits per heavy atom. The molecule has 0 bridgehead atoms. The predicted octanol–water partition coefficient (Wildman–Crippen LogP) is 5.08. The molecule has 4 rings (SSSR count). The molecule has 9 heteroatoms. The zero-order valence-corrected chi connectivity index (χ0v) is 17.6. The lowest BCUT2D eigenvalue weighted by molar-refractivity contribution is -0.141. The van der Waals surface area contributed by atoms with E-state index in [-0.39, 0.29) is 24.2 Å². The Hall–Kier alpha value is -3.23. The molecule has 1 aliphatic rings. The minimum atomic E-state index is -4.46. The molecule has 6 nitrogen and oxygen atoms in total. The van der Waals surface area contributed by atoms with Crippen molar-refractivity contribution >= 4 is 5.91 Å². The van der Waals surface area contributed by atoms with Gasteiger partial charge in [0.15, 0.2) is 11.5 Å². The van der Waals surface area contributed by atoms with Gasteiger partial charge in [0.1, 0.15) is 18.1 Å². The van der Waals surface area contributed by atoms with Crippen molar-refractivity contribution in [2.45, 2.75) is 51.4 Å². The van der Waals surface area contributed by atoms with Crippen molar-refractivity contribution in [1.29, 1.82) is 0 Å². The summed E-state index contributed by atoms with van der Waals surface area (Å²) in [5.41, 5.74) is 0.836. The van der Waals surface area contributed by atoms with Crippen molar-refractivity contribution in [3.63, 3.8) is 0 Å². The summed E-state index contributed by atoms with van der Waals surface area (Å²) in [6.07, 6.45) is -2.24. The molecule has 1 saturated carbocycles. The number of nitrogens with zero attached hydrogens (tertiary/aromatic N) is 2. The van der Waals surface area contributed by atoms with E-state index >= 15 is 0 Å². The summed E-state index contributed by atoms with van der Waals surface area (Å²) in [5.74, 6) is 1.15. The van der Waals surface area contributed by atoms with Crippen molar-refractivity contribution in [2.75, 3.05) is 6.54 Å². The van der Waals surface area contributed by atoms with Gasteiger partial charge in [0.2, 0.25) is 0 Å². The maximum Gasteiger partial charge on any atom is 0.435 e. The highest BCUT2D eigenvalue weighted by Gasteiger charge is 2.37. The number of furan rings is 1. The molecule has 1 aromatic carbocycles. The molecular weight excluding hydrogens is 423 g/mol. The third-order valence-corrected chi connectivity index (χ3v) is 5.19. The van der Waals surface area contributed by atoms with Crippen molar-refractivity contribution in [1.82, 2.24) is 15.1 Å². The Kier molecular flexibility index (Phi) is 6.25. The van der Waals surface area contributed by atoms with Crippen LogP contribution in [0.3, 0.4) is 0 Å². The lowest BCUT2D eigenvalue weighted by Crippen LogP contribution is -2.25. The molecule has 0 saturated heterocycles. The van der Waals surface area contributed by atoms with Gasteiger partial charge < -0.3 is 14.5 Å². The first-order valence-electron chi connectivity index (χ1n) is 10.5. The van der Waals surface area contributed by atoms with Crippen LogP contribution in [0.1, 0.15) is 58.4 Å². The van der Waals surface area contributed by atoms with Crippen LogP contribution < -0.4 is 10.1 Å². The Bertz CT molecular complexity index is 1080. The molecule has 1 aliphatic carbocycles. The number of aryl methyl sites for hydroxylation is 2. The average molecular weight is 447 g/mol. The standard InChI is InChI=1S/C23H24F3N3O3/c1-15-4-2-5-17(12-15)31-14-18-8-9-20(32-18)22(30)27-10-3-11-29-19(16-6-7-16)13-21(28-29)23(24,25)26/h2,4-5,8-9,12-13,16H,3,6-7,10-11,14H2,1H3,(H,27,30). The Morgan fingerprint density at radius 2 is 2.06 bits per heavy atom. The summed E-state index contributed by atoms with van der Waals surface area (Å²) >= 11 is 0. The van der Waals surface area contributed by atoms with Gasteiger partial charge in [-0.1, -0.05) is 12.1 Å². The molecular formula is C23H24F3N3O3. The van der Waals surface area contributed by atoms with Crippen LogP contribution in [0.4, 0.5) is 13.2 Å². The zero-order chi connectivity index (χ0) is 22.7. The predicted molar refractivity (Wildman–Crippen MR) is 110 cm³/mol. The minimum Gasteiger partial charge on any atom is -0.486 e. The SMILES string of the molecule is Cc1cccc(OCc2ccc(C(=O)NCCCn3nc(C(F)(F)F)cc3C3CC3)o2)c1. The van der Waals surface area contributed by atoms with Gasteiger partial charge in [0.05, 0.1) is 0 Å². The molecule has 0 spiro atoms. The van der Waals surface area contributed by atoms with E-state index in [2.05, 4.69) is 10.4 Å². The molecule has 0 unspecified atom stereocenters. The molecule has 170 valence electrons. The monoisotopic (exact) mass is 447 g/mol. The van der Waals surface area contributed by atoms with Crippen LogP contribution in [0.15, 0.2) is 46.9 Å². The average Bonchev–Trinajstić information content (AvgIpc) is 3.31. The largest absolute Gasteiger partial charge is 0.486 e. The van der Waals surface area contributed by atoms with Crippen molar-refractivity contribution in [3.05, 3.63) is 70.9 Å². The summed E-state index contributed by atoms with van der Waals surface area (Å²) < 4.78 is 51.5. The highest BCUT2D eigenvalue weighted by Crippen LogP contribution is 2.42. The Morgan fingerprint density at radius 3 is 2.78 bits per heavy atom. The molecule has 2 heterocycles. The number of hydrogen-bond donors (Lipinski definition) is 1. The quantitative estimate of drug-likeness (QED) is 0.465. The number of carbonyl (C=O) groups excluding carboxylic acids is 1. The van der Waals surface area contributed by atoms with E-state index < -0.39 is 11.9 Å². The zero-order valence-electron chi connectivity index (χ0n) is 17.6. The lowest BCUT2D eigenvalue weighted by atomic mass is 10.2. The molecule has 3 aromatic rings. The van der Waals surface area contributed by atoms with E-state index in [0.29, 0.717) is 36.7 Å². The molecule has 0 aliphatic heterocycles. The lowest BCUT2D eigenvalue weighted by Gasteiger charge is -2.07. The molecule has 2 aromatic heterocycles. The van der Waals surface area contributed by atoms with Gasteiger partial charge in [-0.3, -0.25) is 9.48 Å². The fourth-order valence-corrected chi connectivity index (χ4v) is 3.41. The highest BCUT2D eigenvalue weighted by atomic mass is 19.4. The van der Waals surface area contributed by atoms with Gasteiger partial charge in [0.25, 0.3) is 5.91 Å². The Balaban J connectivity index is 1.25. The number of carbonyl (C=O) groups is 1. The summed E-state index contributed by atoms with van der Waals surface area (Å²) in [7, 11) is 0. The van der Waals surface area contributed by atoms with Gasteiger partial charge >= 0.3 is 6.18 Å². The number of amides is 1. The van der Waals surface area contributed by atoms with Gasteiger partial charge in [0, 0.05) is 24.7 Å². The molecule has 1 amide bonds. The Labute approximate surface area is 183 Å². The summed E-state index contributed by atoms with van der Waals surface area (Å²) in [6.45, 7) is 2.76. The number of halogens is 3. The first-order valence-corrected chi connectivity index (χ1v) is 10.5. The van der Waals surface area contributed by atoms with Crippen LogP contribution in [0, 0.1) is 6.92 Å². The van der Waals surface area contributed by atoms with E-state index in [9.17, 15) is 18.0 Å². The van der Waals surface area contributed by atoms with Crippen LogP contribution in [0.25, 0.3) is 0 Å². The second-order valence-electron chi connectivity index (χ2n) is 7.93. The maximum atomic E-state index is 13.0. The van der Waals surface area contributed by atoms with Crippen LogP contribution in [0.2, 0.25) is 0 Å². The molecule has 32 heavy (non-hydrogen) atoms. The first kappa shape index (κ1) is 22.0. The minimum absolute atomic E-state index is 0.150. The molecule has 1 N–H and O–H groups in total. The number of hydrogen-bond acceptors (Lipinski definition) is 4. The molecule has 0 radical (unpaired) electrons. The van der Waals surface area contributed by atoms with Gasteiger partial charge in [-0.05, 0) is 62.1 Å².